The standard InChI is InChI=1S/C15H31NO/c1-13-10-14(2)12-15(11-13)17-9-7-5-4-6-8-16-3/h13-16H,4-12H2,1-3H3. The van der Waals surface area contributed by atoms with E-state index in [2.05, 4.69) is 19.2 Å². The smallest absolute Gasteiger partial charge is 0.0580 e. The molecule has 0 aromatic rings. The second-order valence-corrected chi connectivity index (χ2v) is 5.93. The van der Waals surface area contributed by atoms with Gasteiger partial charge in [-0.05, 0) is 57.5 Å². The van der Waals surface area contributed by atoms with E-state index < -0.39 is 0 Å². The van der Waals surface area contributed by atoms with Gasteiger partial charge >= 0.3 is 0 Å². The van der Waals surface area contributed by atoms with Crippen LogP contribution >= 0.6 is 0 Å². The molecule has 0 spiro atoms. The summed E-state index contributed by atoms with van der Waals surface area (Å²) in [6.45, 7) is 6.86. The highest BCUT2D eigenvalue weighted by molar-refractivity contribution is 4.75. The molecule has 0 radical (unpaired) electrons. The molecule has 102 valence electrons. The van der Waals surface area contributed by atoms with Crippen molar-refractivity contribution in [2.24, 2.45) is 11.8 Å². The van der Waals surface area contributed by atoms with Crippen molar-refractivity contribution in [3.63, 3.8) is 0 Å². The summed E-state index contributed by atoms with van der Waals surface area (Å²) in [6, 6.07) is 0. The summed E-state index contributed by atoms with van der Waals surface area (Å²) in [5.74, 6) is 1.72. The molecule has 2 unspecified atom stereocenters. The Kier molecular flexibility index (Phi) is 7.87. The zero-order chi connectivity index (χ0) is 12.5. The van der Waals surface area contributed by atoms with Crippen LogP contribution in [0.5, 0.6) is 0 Å². The van der Waals surface area contributed by atoms with E-state index in [4.69, 9.17) is 4.74 Å². The molecule has 2 atom stereocenters. The molecule has 1 aliphatic rings. The van der Waals surface area contributed by atoms with Gasteiger partial charge < -0.3 is 10.1 Å². The molecule has 17 heavy (non-hydrogen) atoms. The molecule has 2 nitrogen and oxygen atoms in total. The molecule has 1 aliphatic carbocycles. The molecular weight excluding hydrogens is 210 g/mol. The van der Waals surface area contributed by atoms with Gasteiger partial charge in [0.25, 0.3) is 0 Å². The van der Waals surface area contributed by atoms with Crippen molar-refractivity contribution in [3.8, 4) is 0 Å². The van der Waals surface area contributed by atoms with E-state index in [-0.39, 0.29) is 0 Å². The van der Waals surface area contributed by atoms with Crippen molar-refractivity contribution in [3.05, 3.63) is 0 Å². The van der Waals surface area contributed by atoms with Crippen LogP contribution in [0.4, 0.5) is 0 Å². The Bertz CT molecular complexity index is 174. The second kappa shape index (κ2) is 8.93. The lowest BCUT2D eigenvalue weighted by atomic mass is 9.82. The Morgan fingerprint density at radius 2 is 1.59 bits per heavy atom. The molecular formula is C15H31NO. The van der Waals surface area contributed by atoms with Gasteiger partial charge in [-0.15, -0.1) is 0 Å². The lowest BCUT2D eigenvalue weighted by Crippen LogP contribution is -2.26. The topological polar surface area (TPSA) is 21.3 Å². The number of nitrogens with one attached hydrogen (secondary N) is 1. The first-order chi connectivity index (χ1) is 8.22. The van der Waals surface area contributed by atoms with Crippen LogP contribution in [-0.4, -0.2) is 26.3 Å². The summed E-state index contributed by atoms with van der Waals surface area (Å²) in [5.41, 5.74) is 0. The zero-order valence-corrected chi connectivity index (χ0v) is 12.0. The number of unbranched alkanes of at least 4 members (excludes halogenated alkanes) is 3. The van der Waals surface area contributed by atoms with E-state index in [1.165, 1.54) is 44.9 Å². The normalized spacial score (nSPS) is 29.5. The lowest BCUT2D eigenvalue weighted by Gasteiger charge is -2.31. The highest BCUT2D eigenvalue weighted by Gasteiger charge is 2.23. The summed E-state index contributed by atoms with van der Waals surface area (Å²) in [5, 5.41) is 3.19. The van der Waals surface area contributed by atoms with Crippen LogP contribution in [0.3, 0.4) is 0 Å². The van der Waals surface area contributed by atoms with Gasteiger partial charge in [-0.2, -0.15) is 0 Å². The summed E-state index contributed by atoms with van der Waals surface area (Å²) in [7, 11) is 2.02. The van der Waals surface area contributed by atoms with Gasteiger partial charge in [0.2, 0.25) is 0 Å². The van der Waals surface area contributed by atoms with Crippen molar-refractivity contribution >= 4 is 0 Å². The first-order valence-electron chi connectivity index (χ1n) is 7.48. The van der Waals surface area contributed by atoms with Crippen LogP contribution in [0.15, 0.2) is 0 Å². The highest BCUT2D eigenvalue weighted by atomic mass is 16.5. The van der Waals surface area contributed by atoms with Crippen LogP contribution in [0, 0.1) is 11.8 Å². The third-order valence-electron chi connectivity index (χ3n) is 3.81. The molecule has 1 fully saturated rings. The summed E-state index contributed by atoms with van der Waals surface area (Å²) in [6.07, 6.45) is 9.70. The average Bonchev–Trinajstić information content (AvgIpc) is 2.26. The molecule has 1 N–H and O–H groups in total. The molecule has 2 heteroatoms. The van der Waals surface area contributed by atoms with Gasteiger partial charge in [0.1, 0.15) is 0 Å². The van der Waals surface area contributed by atoms with E-state index in [9.17, 15) is 0 Å². The minimum atomic E-state index is 0.547. The van der Waals surface area contributed by atoms with Crippen LogP contribution in [0.25, 0.3) is 0 Å². The fraction of sp³-hybridized carbons (Fsp3) is 1.00. The van der Waals surface area contributed by atoms with E-state index >= 15 is 0 Å². The number of rotatable bonds is 8. The van der Waals surface area contributed by atoms with E-state index in [0.29, 0.717) is 6.10 Å². The number of hydrogen-bond donors (Lipinski definition) is 1. The average molecular weight is 241 g/mol. The van der Waals surface area contributed by atoms with Gasteiger partial charge in [0.15, 0.2) is 0 Å². The van der Waals surface area contributed by atoms with Crippen LogP contribution in [0.2, 0.25) is 0 Å². The van der Waals surface area contributed by atoms with E-state index in [1.807, 2.05) is 7.05 Å². The molecule has 0 heterocycles. The van der Waals surface area contributed by atoms with Crippen molar-refractivity contribution in [2.75, 3.05) is 20.2 Å². The van der Waals surface area contributed by atoms with Gasteiger partial charge in [-0.3, -0.25) is 0 Å². The Balaban J connectivity index is 1.95. The molecule has 1 rings (SSSR count). The van der Waals surface area contributed by atoms with E-state index in [0.717, 1.165) is 25.0 Å². The van der Waals surface area contributed by atoms with Crippen molar-refractivity contribution < 1.29 is 4.74 Å². The molecule has 1 saturated carbocycles. The van der Waals surface area contributed by atoms with Gasteiger partial charge in [0, 0.05) is 6.61 Å². The third kappa shape index (κ3) is 7.05. The number of ether oxygens (including phenoxy) is 1. The Morgan fingerprint density at radius 1 is 0.941 bits per heavy atom. The maximum atomic E-state index is 6.01. The third-order valence-corrected chi connectivity index (χ3v) is 3.81. The van der Waals surface area contributed by atoms with Gasteiger partial charge in [0.05, 0.1) is 6.10 Å². The monoisotopic (exact) mass is 241 g/mol. The Morgan fingerprint density at radius 3 is 2.24 bits per heavy atom. The fourth-order valence-electron chi connectivity index (χ4n) is 3.02. The van der Waals surface area contributed by atoms with Crippen LogP contribution < -0.4 is 5.32 Å². The van der Waals surface area contributed by atoms with Crippen LogP contribution in [0.1, 0.15) is 58.8 Å². The number of hydrogen-bond acceptors (Lipinski definition) is 2. The maximum absolute atomic E-state index is 6.01. The van der Waals surface area contributed by atoms with Gasteiger partial charge in [-0.1, -0.05) is 26.7 Å². The fourth-order valence-corrected chi connectivity index (χ4v) is 3.02. The van der Waals surface area contributed by atoms with Crippen molar-refractivity contribution in [1.29, 1.82) is 0 Å². The largest absolute Gasteiger partial charge is 0.378 e. The lowest BCUT2D eigenvalue weighted by molar-refractivity contribution is -0.000614. The molecule has 0 amide bonds. The molecule has 0 bridgehead atoms. The summed E-state index contributed by atoms with van der Waals surface area (Å²) < 4.78 is 6.01. The second-order valence-electron chi connectivity index (χ2n) is 5.93. The SMILES string of the molecule is CNCCCCCCOC1CC(C)CC(C)C1. The quantitative estimate of drug-likeness (QED) is 0.656. The van der Waals surface area contributed by atoms with Gasteiger partial charge in [-0.25, -0.2) is 0 Å². The van der Waals surface area contributed by atoms with Crippen molar-refractivity contribution in [1.82, 2.24) is 5.32 Å². The minimum Gasteiger partial charge on any atom is -0.378 e. The summed E-state index contributed by atoms with van der Waals surface area (Å²) >= 11 is 0. The first kappa shape index (κ1) is 15.0. The highest BCUT2D eigenvalue weighted by Crippen LogP contribution is 2.30. The molecule has 0 saturated heterocycles. The van der Waals surface area contributed by atoms with E-state index in [1.54, 1.807) is 0 Å². The maximum Gasteiger partial charge on any atom is 0.0580 e. The predicted molar refractivity (Wildman–Crippen MR) is 74.3 cm³/mol. The zero-order valence-electron chi connectivity index (χ0n) is 12.0. The molecule has 0 aliphatic heterocycles. The first-order valence-corrected chi connectivity index (χ1v) is 7.48. The Labute approximate surface area is 108 Å². The predicted octanol–water partition coefficient (Wildman–Crippen LogP) is 3.61. The summed E-state index contributed by atoms with van der Waals surface area (Å²) in [4.78, 5) is 0. The Hall–Kier alpha value is -0.0800. The van der Waals surface area contributed by atoms with Crippen molar-refractivity contribution in [2.45, 2.75) is 64.9 Å². The molecule has 0 aromatic carbocycles. The molecule has 0 aromatic heterocycles. The van der Waals surface area contributed by atoms with Crippen LogP contribution in [-0.2, 0) is 4.74 Å². The minimum absolute atomic E-state index is 0.547.